The smallest absolute Gasteiger partial charge is 0.221 e. The molecule has 124 valence electrons. The number of nitrogens with zero attached hydrogens (tertiary/aromatic N) is 1. The molecule has 0 spiro atoms. The monoisotopic (exact) mass is 332 g/mol. The molecule has 6 heteroatoms. The van der Waals surface area contributed by atoms with E-state index in [1.807, 2.05) is 42.5 Å². The number of nitrogens with one attached hydrogen (secondary N) is 3. The third-order valence-corrected chi connectivity index (χ3v) is 4.00. The summed E-state index contributed by atoms with van der Waals surface area (Å²) in [5, 5.41) is 7.52. The molecule has 0 saturated heterocycles. The zero-order chi connectivity index (χ0) is 17.6. The van der Waals surface area contributed by atoms with Crippen LogP contribution >= 0.6 is 0 Å². The van der Waals surface area contributed by atoms with Crippen molar-refractivity contribution in [2.24, 2.45) is 0 Å². The number of hydrogen-bond donors (Lipinski definition) is 3. The summed E-state index contributed by atoms with van der Waals surface area (Å²) in [6, 6.07) is 13.4. The number of amides is 2. The van der Waals surface area contributed by atoms with E-state index in [0.717, 1.165) is 44.2 Å². The second kappa shape index (κ2) is 5.59. The molecule has 0 aliphatic carbocycles. The fourth-order valence-electron chi connectivity index (χ4n) is 3.03. The number of aromatic amines is 1. The van der Waals surface area contributed by atoms with Crippen LogP contribution in [0.4, 0.5) is 11.4 Å². The normalized spacial score (nSPS) is 11.1. The van der Waals surface area contributed by atoms with Crippen LogP contribution < -0.4 is 10.6 Å². The second-order valence-corrected chi connectivity index (χ2v) is 6.04. The van der Waals surface area contributed by atoms with Crippen LogP contribution in [0.1, 0.15) is 13.8 Å². The molecule has 6 nitrogen and oxygen atoms in total. The van der Waals surface area contributed by atoms with Crippen LogP contribution in [0.2, 0.25) is 0 Å². The Balaban J connectivity index is 1.89. The van der Waals surface area contributed by atoms with Crippen LogP contribution in [0, 0.1) is 0 Å². The lowest BCUT2D eigenvalue weighted by atomic mass is 10.1. The number of carbonyl (C=O) groups excluding carboxylic acids is 2. The van der Waals surface area contributed by atoms with Crippen molar-refractivity contribution in [2.75, 3.05) is 10.6 Å². The molecule has 0 radical (unpaired) electrons. The summed E-state index contributed by atoms with van der Waals surface area (Å²) in [4.78, 5) is 30.6. The van der Waals surface area contributed by atoms with Crippen LogP contribution in [-0.4, -0.2) is 21.8 Å². The Bertz CT molecular complexity index is 1160. The van der Waals surface area contributed by atoms with E-state index in [0.29, 0.717) is 0 Å². The standard InChI is InChI=1S/C19H16N4O2/c1-10(24)20-13-4-3-12-7-18-19(23-16(12)8-13)15-6-5-14(21-11(2)25)9-17(15)22-18/h3-9,22H,1-2H3,(H,20,24)(H,21,25). The Morgan fingerprint density at radius 2 is 1.56 bits per heavy atom. The highest BCUT2D eigenvalue weighted by Gasteiger charge is 2.09. The first-order valence-corrected chi connectivity index (χ1v) is 7.91. The van der Waals surface area contributed by atoms with Gasteiger partial charge in [0.2, 0.25) is 11.8 Å². The average Bonchev–Trinajstić information content (AvgIpc) is 2.88. The maximum Gasteiger partial charge on any atom is 0.221 e. The largest absolute Gasteiger partial charge is 0.353 e. The van der Waals surface area contributed by atoms with Gasteiger partial charge < -0.3 is 15.6 Å². The van der Waals surface area contributed by atoms with E-state index in [-0.39, 0.29) is 11.8 Å². The van der Waals surface area contributed by atoms with E-state index in [2.05, 4.69) is 15.6 Å². The predicted molar refractivity (Wildman–Crippen MR) is 99.7 cm³/mol. The van der Waals surface area contributed by atoms with Crippen molar-refractivity contribution < 1.29 is 9.59 Å². The highest BCUT2D eigenvalue weighted by atomic mass is 16.2. The topological polar surface area (TPSA) is 86.9 Å². The molecule has 0 fully saturated rings. The zero-order valence-electron chi connectivity index (χ0n) is 13.8. The average molecular weight is 332 g/mol. The summed E-state index contributed by atoms with van der Waals surface area (Å²) >= 11 is 0. The van der Waals surface area contributed by atoms with E-state index >= 15 is 0 Å². The Morgan fingerprint density at radius 1 is 0.880 bits per heavy atom. The first-order chi connectivity index (χ1) is 12.0. The molecule has 25 heavy (non-hydrogen) atoms. The summed E-state index contributed by atoms with van der Waals surface area (Å²) in [7, 11) is 0. The van der Waals surface area contributed by atoms with Crippen molar-refractivity contribution in [1.82, 2.24) is 9.97 Å². The quantitative estimate of drug-likeness (QED) is 0.522. The number of H-pyrrole nitrogens is 1. The summed E-state index contributed by atoms with van der Waals surface area (Å²) in [6.45, 7) is 2.96. The van der Waals surface area contributed by atoms with E-state index in [1.165, 1.54) is 13.8 Å². The van der Waals surface area contributed by atoms with Crippen LogP contribution in [0.25, 0.3) is 32.8 Å². The molecule has 2 aromatic carbocycles. The number of benzene rings is 2. The van der Waals surface area contributed by atoms with Gasteiger partial charge in [-0.25, -0.2) is 4.98 Å². The number of anilines is 2. The van der Waals surface area contributed by atoms with Gasteiger partial charge >= 0.3 is 0 Å². The first-order valence-electron chi connectivity index (χ1n) is 7.91. The van der Waals surface area contributed by atoms with Crippen molar-refractivity contribution in [1.29, 1.82) is 0 Å². The molecule has 4 rings (SSSR count). The van der Waals surface area contributed by atoms with Crippen LogP contribution in [0.3, 0.4) is 0 Å². The van der Waals surface area contributed by atoms with Gasteiger partial charge in [-0.1, -0.05) is 6.07 Å². The van der Waals surface area contributed by atoms with Crippen LogP contribution in [0.15, 0.2) is 42.5 Å². The molecule has 4 aromatic rings. The Hall–Kier alpha value is -3.41. The van der Waals surface area contributed by atoms with E-state index < -0.39 is 0 Å². The van der Waals surface area contributed by atoms with Crippen molar-refractivity contribution >= 4 is 56.0 Å². The number of pyridine rings is 1. The summed E-state index contributed by atoms with van der Waals surface area (Å²) < 4.78 is 0. The molecule has 2 aromatic heterocycles. The number of fused-ring (bicyclic) bond motifs is 4. The fourth-order valence-corrected chi connectivity index (χ4v) is 3.03. The van der Waals surface area contributed by atoms with Crippen molar-refractivity contribution in [2.45, 2.75) is 13.8 Å². The van der Waals surface area contributed by atoms with Gasteiger partial charge in [-0.15, -0.1) is 0 Å². The first kappa shape index (κ1) is 15.1. The lowest BCUT2D eigenvalue weighted by Crippen LogP contribution is -2.05. The van der Waals surface area contributed by atoms with Gasteiger partial charge in [-0.3, -0.25) is 9.59 Å². The Labute approximate surface area is 143 Å². The maximum absolute atomic E-state index is 11.2. The summed E-state index contributed by atoms with van der Waals surface area (Å²) in [5.41, 5.74) is 4.96. The van der Waals surface area contributed by atoms with Gasteiger partial charge in [-0.05, 0) is 36.4 Å². The molecule has 3 N–H and O–H groups in total. The van der Waals surface area contributed by atoms with E-state index in [9.17, 15) is 9.59 Å². The van der Waals surface area contributed by atoms with Crippen molar-refractivity contribution in [3.05, 3.63) is 42.5 Å². The molecular weight excluding hydrogens is 316 g/mol. The Morgan fingerprint density at radius 3 is 2.28 bits per heavy atom. The third kappa shape index (κ3) is 2.78. The zero-order valence-corrected chi connectivity index (χ0v) is 13.8. The summed E-state index contributed by atoms with van der Waals surface area (Å²) in [6.07, 6.45) is 0. The third-order valence-electron chi connectivity index (χ3n) is 4.00. The van der Waals surface area contributed by atoms with E-state index in [1.54, 1.807) is 0 Å². The molecule has 0 saturated carbocycles. The molecule has 0 aliphatic rings. The molecule has 2 amide bonds. The number of hydrogen-bond acceptors (Lipinski definition) is 3. The minimum absolute atomic E-state index is 0.107. The highest BCUT2D eigenvalue weighted by Crippen LogP contribution is 2.29. The SMILES string of the molecule is CC(=O)Nc1ccc2cc3[nH]c4cc(NC(C)=O)ccc4c3nc2c1. The number of rotatable bonds is 2. The van der Waals surface area contributed by atoms with Gasteiger partial charge in [0.15, 0.2) is 0 Å². The molecular formula is C19H16N4O2. The number of aromatic nitrogens is 2. The molecule has 0 aliphatic heterocycles. The van der Waals surface area contributed by atoms with Gasteiger partial charge in [-0.2, -0.15) is 0 Å². The summed E-state index contributed by atoms with van der Waals surface area (Å²) in [5.74, 6) is -0.220. The predicted octanol–water partition coefficient (Wildman–Crippen LogP) is 3.79. The second-order valence-electron chi connectivity index (χ2n) is 6.04. The van der Waals surface area contributed by atoms with E-state index in [4.69, 9.17) is 4.98 Å². The highest BCUT2D eigenvalue weighted by molar-refractivity contribution is 6.09. The van der Waals surface area contributed by atoms with Gasteiger partial charge in [0.25, 0.3) is 0 Å². The Kier molecular flexibility index (Phi) is 3.39. The minimum Gasteiger partial charge on any atom is -0.353 e. The van der Waals surface area contributed by atoms with Crippen molar-refractivity contribution in [3.8, 4) is 0 Å². The van der Waals surface area contributed by atoms with Gasteiger partial charge in [0.1, 0.15) is 0 Å². The lowest BCUT2D eigenvalue weighted by Gasteiger charge is -2.04. The van der Waals surface area contributed by atoms with Crippen molar-refractivity contribution in [3.63, 3.8) is 0 Å². The molecule has 0 unspecified atom stereocenters. The van der Waals surface area contributed by atoms with Gasteiger partial charge in [0, 0.05) is 36.0 Å². The van der Waals surface area contributed by atoms with Crippen LogP contribution in [-0.2, 0) is 9.59 Å². The molecule has 0 atom stereocenters. The molecule has 0 bridgehead atoms. The lowest BCUT2D eigenvalue weighted by molar-refractivity contribution is -0.115. The minimum atomic E-state index is -0.113. The fraction of sp³-hybridized carbons (Fsp3) is 0.105. The van der Waals surface area contributed by atoms with Gasteiger partial charge in [0.05, 0.1) is 22.1 Å². The molecule has 2 heterocycles. The number of carbonyl (C=O) groups is 2. The van der Waals surface area contributed by atoms with Crippen LogP contribution in [0.5, 0.6) is 0 Å². The maximum atomic E-state index is 11.2.